The zero-order chi connectivity index (χ0) is 19.1. The number of rotatable bonds is 6. The van der Waals surface area contributed by atoms with Gasteiger partial charge in [0, 0.05) is 30.5 Å². The molecule has 0 aliphatic carbocycles. The Morgan fingerprint density at radius 2 is 1.89 bits per heavy atom. The van der Waals surface area contributed by atoms with E-state index in [0.29, 0.717) is 16.1 Å². The fourth-order valence-corrected chi connectivity index (χ4v) is 2.85. The van der Waals surface area contributed by atoms with Crippen LogP contribution < -0.4 is 10.2 Å². The van der Waals surface area contributed by atoms with E-state index in [2.05, 4.69) is 26.1 Å². The molecule has 27 heavy (non-hydrogen) atoms. The summed E-state index contributed by atoms with van der Waals surface area (Å²) in [6.45, 7) is 2.77. The maximum Gasteiger partial charge on any atom is 0.331 e. The van der Waals surface area contributed by atoms with Gasteiger partial charge in [0.05, 0.1) is 13.2 Å². The minimum absolute atomic E-state index is 0.365. The number of furan rings is 1. The molecule has 7 nitrogen and oxygen atoms in total. The molecule has 0 unspecified atom stereocenters. The Hall–Kier alpha value is -2.58. The molecular weight excluding hydrogens is 416 g/mol. The molecule has 2 heterocycles. The highest BCUT2D eigenvalue weighted by atomic mass is 79.9. The van der Waals surface area contributed by atoms with Crippen molar-refractivity contribution in [3.63, 3.8) is 0 Å². The summed E-state index contributed by atoms with van der Waals surface area (Å²) in [5.74, 6) is -0.527. The summed E-state index contributed by atoms with van der Waals surface area (Å²) in [5, 5.41) is 2.70. The van der Waals surface area contributed by atoms with Crippen molar-refractivity contribution in [1.82, 2.24) is 0 Å². The normalized spacial score (nSPS) is 14.3. The van der Waals surface area contributed by atoms with Crippen molar-refractivity contribution in [3.8, 4) is 0 Å². The van der Waals surface area contributed by atoms with Gasteiger partial charge in [0.25, 0.3) is 5.91 Å². The second-order valence-corrected chi connectivity index (χ2v) is 6.56. The molecule has 0 radical (unpaired) electrons. The average Bonchev–Trinajstić information content (AvgIpc) is 3.11. The fourth-order valence-electron chi connectivity index (χ4n) is 2.53. The van der Waals surface area contributed by atoms with Gasteiger partial charge in [-0.15, -0.1) is 0 Å². The number of halogens is 1. The third-order valence-corrected chi connectivity index (χ3v) is 4.28. The number of hydrogen-bond acceptors (Lipinski definition) is 6. The third-order valence-electron chi connectivity index (χ3n) is 3.85. The molecule has 1 aliphatic heterocycles. The topological polar surface area (TPSA) is 81.0 Å². The second-order valence-electron chi connectivity index (χ2n) is 5.78. The molecular formula is C19H19BrN2O5. The zero-order valence-corrected chi connectivity index (χ0v) is 16.1. The Morgan fingerprint density at radius 3 is 2.56 bits per heavy atom. The maximum atomic E-state index is 11.9. The monoisotopic (exact) mass is 434 g/mol. The van der Waals surface area contributed by atoms with E-state index < -0.39 is 11.9 Å². The van der Waals surface area contributed by atoms with E-state index in [4.69, 9.17) is 13.9 Å². The second kappa shape index (κ2) is 9.38. The van der Waals surface area contributed by atoms with Crippen LogP contribution in [0.25, 0.3) is 6.08 Å². The number of esters is 1. The van der Waals surface area contributed by atoms with Crippen molar-refractivity contribution in [2.45, 2.75) is 0 Å². The van der Waals surface area contributed by atoms with Gasteiger partial charge in [-0.05, 0) is 58.4 Å². The van der Waals surface area contributed by atoms with E-state index in [9.17, 15) is 9.59 Å². The summed E-state index contributed by atoms with van der Waals surface area (Å²) in [4.78, 5) is 25.8. The zero-order valence-electron chi connectivity index (χ0n) is 14.5. The molecule has 0 spiro atoms. The number of anilines is 2. The quantitative estimate of drug-likeness (QED) is 0.555. The summed E-state index contributed by atoms with van der Waals surface area (Å²) in [6, 6.07) is 10.9. The molecule has 1 aromatic heterocycles. The van der Waals surface area contributed by atoms with Gasteiger partial charge in [0.15, 0.2) is 11.3 Å². The predicted octanol–water partition coefficient (Wildman–Crippen LogP) is 3.07. The first-order valence-corrected chi connectivity index (χ1v) is 9.22. The molecule has 3 rings (SSSR count). The molecule has 1 amide bonds. The predicted molar refractivity (Wildman–Crippen MR) is 105 cm³/mol. The lowest BCUT2D eigenvalue weighted by Crippen LogP contribution is -2.36. The van der Waals surface area contributed by atoms with Crippen LogP contribution in [0, 0.1) is 0 Å². The maximum absolute atomic E-state index is 11.9. The van der Waals surface area contributed by atoms with E-state index in [-0.39, 0.29) is 6.61 Å². The van der Waals surface area contributed by atoms with E-state index in [1.807, 2.05) is 24.3 Å². The lowest BCUT2D eigenvalue weighted by molar-refractivity contribution is -0.142. The highest BCUT2D eigenvalue weighted by Crippen LogP contribution is 2.19. The lowest BCUT2D eigenvalue weighted by atomic mass is 10.2. The van der Waals surface area contributed by atoms with E-state index in [1.54, 1.807) is 12.1 Å². The molecule has 0 atom stereocenters. The Bertz CT molecular complexity index is 810. The Labute approximate surface area is 165 Å². The van der Waals surface area contributed by atoms with Crippen LogP contribution in [0.15, 0.2) is 51.6 Å². The van der Waals surface area contributed by atoms with Crippen molar-refractivity contribution in [2.75, 3.05) is 43.1 Å². The van der Waals surface area contributed by atoms with Crippen molar-refractivity contribution >= 4 is 45.3 Å². The van der Waals surface area contributed by atoms with Crippen LogP contribution in [0.4, 0.5) is 11.4 Å². The number of benzene rings is 1. The first kappa shape index (κ1) is 19.2. The van der Waals surface area contributed by atoms with Gasteiger partial charge in [0.2, 0.25) is 0 Å². The molecule has 1 N–H and O–H groups in total. The standard InChI is InChI=1S/C19H19BrN2O5/c20-17-7-5-16(27-17)6-8-19(24)26-13-18(23)21-14-1-3-15(4-2-14)22-9-11-25-12-10-22/h1-8H,9-13H2,(H,21,23)/b8-6+. The van der Waals surface area contributed by atoms with Gasteiger partial charge in [-0.2, -0.15) is 0 Å². The van der Waals surface area contributed by atoms with Gasteiger partial charge in [-0.1, -0.05) is 0 Å². The summed E-state index contributed by atoms with van der Waals surface area (Å²) in [5.41, 5.74) is 1.72. The highest BCUT2D eigenvalue weighted by Gasteiger charge is 2.11. The summed E-state index contributed by atoms with van der Waals surface area (Å²) in [6.07, 6.45) is 2.67. The number of carbonyl (C=O) groups excluding carboxylic acids is 2. The van der Waals surface area contributed by atoms with Gasteiger partial charge in [0.1, 0.15) is 5.76 Å². The van der Waals surface area contributed by atoms with Crippen LogP contribution in [-0.2, 0) is 19.1 Å². The van der Waals surface area contributed by atoms with E-state index >= 15 is 0 Å². The van der Waals surface area contributed by atoms with Crippen molar-refractivity contribution < 1.29 is 23.5 Å². The van der Waals surface area contributed by atoms with Crippen LogP contribution in [0.1, 0.15) is 5.76 Å². The van der Waals surface area contributed by atoms with Gasteiger partial charge in [-0.3, -0.25) is 4.79 Å². The third kappa shape index (κ3) is 5.97. The smallest absolute Gasteiger partial charge is 0.331 e. The molecule has 142 valence electrons. The molecule has 0 saturated carbocycles. The molecule has 2 aromatic rings. The SMILES string of the molecule is O=C(COC(=O)/C=C/c1ccc(Br)o1)Nc1ccc(N2CCOCC2)cc1. The summed E-state index contributed by atoms with van der Waals surface area (Å²) in [7, 11) is 0. The molecule has 1 saturated heterocycles. The van der Waals surface area contributed by atoms with Crippen LogP contribution in [0.2, 0.25) is 0 Å². The largest absolute Gasteiger partial charge is 0.452 e. The fraction of sp³-hybridized carbons (Fsp3) is 0.263. The minimum atomic E-state index is -0.625. The molecule has 1 aromatic carbocycles. The van der Waals surface area contributed by atoms with Gasteiger partial charge >= 0.3 is 5.97 Å². The van der Waals surface area contributed by atoms with Crippen LogP contribution in [0.3, 0.4) is 0 Å². The number of ether oxygens (including phenoxy) is 2. The summed E-state index contributed by atoms with van der Waals surface area (Å²) < 4.78 is 16.0. The van der Waals surface area contributed by atoms with Gasteiger partial charge < -0.3 is 24.1 Å². The number of nitrogens with one attached hydrogen (secondary N) is 1. The highest BCUT2D eigenvalue weighted by molar-refractivity contribution is 9.10. The number of amides is 1. The number of morpholine rings is 1. The Kier molecular flexibility index (Phi) is 6.67. The number of carbonyl (C=O) groups is 2. The first-order valence-electron chi connectivity index (χ1n) is 8.43. The molecule has 1 fully saturated rings. The van der Waals surface area contributed by atoms with Gasteiger partial charge in [-0.25, -0.2) is 4.79 Å². The number of hydrogen-bond donors (Lipinski definition) is 1. The molecule has 8 heteroatoms. The van der Waals surface area contributed by atoms with Crippen LogP contribution in [0.5, 0.6) is 0 Å². The first-order chi connectivity index (χ1) is 13.1. The Morgan fingerprint density at radius 1 is 1.15 bits per heavy atom. The summed E-state index contributed by atoms with van der Waals surface area (Å²) >= 11 is 3.17. The molecule has 0 bridgehead atoms. The van der Waals surface area contributed by atoms with E-state index in [0.717, 1.165) is 32.0 Å². The average molecular weight is 435 g/mol. The van der Waals surface area contributed by atoms with Crippen molar-refractivity contribution in [3.05, 3.63) is 52.9 Å². The van der Waals surface area contributed by atoms with Crippen molar-refractivity contribution in [1.29, 1.82) is 0 Å². The van der Waals surface area contributed by atoms with Crippen LogP contribution >= 0.6 is 15.9 Å². The Balaban J connectivity index is 1.43. The lowest BCUT2D eigenvalue weighted by Gasteiger charge is -2.28. The molecule has 1 aliphatic rings. The van der Waals surface area contributed by atoms with Crippen molar-refractivity contribution in [2.24, 2.45) is 0 Å². The van der Waals surface area contributed by atoms with E-state index in [1.165, 1.54) is 12.2 Å². The minimum Gasteiger partial charge on any atom is -0.452 e. The van der Waals surface area contributed by atoms with Crippen LogP contribution in [-0.4, -0.2) is 44.8 Å². The number of nitrogens with zero attached hydrogens (tertiary/aromatic N) is 1.